The molecule has 5 heteroatoms. The molecule has 0 heterocycles. The van der Waals surface area contributed by atoms with Crippen molar-refractivity contribution in [3.8, 4) is 5.75 Å². The Hall–Kier alpha value is -1.62. The van der Waals surface area contributed by atoms with Crippen molar-refractivity contribution in [2.75, 3.05) is 6.54 Å². The predicted octanol–water partition coefficient (Wildman–Crippen LogP) is 2.62. The molecule has 21 heavy (non-hydrogen) atoms. The lowest BCUT2D eigenvalue weighted by molar-refractivity contribution is -0.128. The third kappa shape index (κ3) is 5.71. The molecule has 0 fully saturated rings. The van der Waals surface area contributed by atoms with E-state index in [1.54, 1.807) is 12.1 Å². The fourth-order valence-electron chi connectivity index (χ4n) is 2.01. The Morgan fingerprint density at radius 3 is 2.67 bits per heavy atom. The van der Waals surface area contributed by atoms with E-state index in [2.05, 4.69) is 12.2 Å². The minimum absolute atomic E-state index is 0.0595. The summed E-state index contributed by atoms with van der Waals surface area (Å²) in [6.07, 6.45) is 2.65. The third-order valence-electron chi connectivity index (χ3n) is 3.31. The first-order chi connectivity index (χ1) is 10.1. The Labute approximate surface area is 125 Å². The maximum absolute atomic E-state index is 13.6. The van der Waals surface area contributed by atoms with Crippen molar-refractivity contribution in [1.82, 2.24) is 5.32 Å². The fraction of sp³-hybridized carbons (Fsp3) is 0.562. The number of carbonyl (C=O) groups is 1. The highest BCUT2D eigenvalue weighted by Crippen LogP contribution is 2.18. The lowest BCUT2D eigenvalue weighted by Crippen LogP contribution is -2.46. The Balaban J connectivity index is 2.62. The Morgan fingerprint density at radius 1 is 1.38 bits per heavy atom. The molecule has 0 aliphatic carbocycles. The maximum atomic E-state index is 13.6. The molecule has 3 N–H and O–H groups in total. The highest BCUT2D eigenvalue weighted by molar-refractivity contribution is 5.81. The zero-order valence-electron chi connectivity index (χ0n) is 12.8. The number of hydrogen-bond acceptors (Lipinski definition) is 3. The van der Waals surface area contributed by atoms with E-state index in [9.17, 15) is 9.18 Å². The van der Waals surface area contributed by atoms with Gasteiger partial charge in [-0.1, -0.05) is 38.8 Å². The summed E-state index contributed by atoms with van der Waals surface area (Å²) in [4.78, 5) is 12.2. The molecule has 1 rings (SSSR count). The predicted molar refractivity (Wildman–Crippen MR) is 81.6 cm³/mol. The molecule has 2 unspecified atom stereocenters. The van der Waals surface area contributed by atoms with Gasteiger partial charge in [0.1, 0.15) is 0 Å². The van der Waals surface area contributed by atoms with Crippen molar-refractivity contribution < 1.29 is 13.9 Å². The standard InChI is InChI=1S/C16H25FN2O2/c1-3-5-8-12(11-18)19-16(20)14(4-2)21-15-10-7-6-9-13(15)17/h6-7,9-10,12,14H,3-5,8,11,18H2,1-2H3,(H,19,20). The number of ether oxygens (including phenoxy) is 1. The van der Waals surface area contributed by atoms with Crippen LogP contribution in [0.5, 0.6) is 5.75 Å². The van der Waals surface area contributed by atoms with E-state index in [-0.39, 0.29) is 17.7 Å². The first-order valence-corrected chi connectivity index (χ1v) is 7.53. The largest absolute Gasteiger partial charge is 0.478 e. The molecule has 118 valence electrons. The SMILES string of the molecule is CCCCC(CN)NC(=O)C(CC)Oc1ccccc1F. The van der Waals surface area contributed by atoms with Crippen LogP contribution in [0.1, 0.15) is 39.5 Å². The van der Waals surface area contributed by atoms with Crippen LogP contribution in [0.2, 0.25) is 0 Å². The zero-order chi connectivity index (χ0) is 15.7. The van der Waals surface area contributed by atoms with Gasteiger partial charge in [-0.2, -0.15) is 0 Å². The van der Waals surface area contributed by atoms with Crippen molar-refractivity contribution in [1.29, 1.82) is 0 Å². The number of para-hydroxylation sites is 1. The minimum Gasteiger partial charge on any atom is -0.478 e. The smallest absolute Gasteiger partial charge is 0.261 e. The van der Waals surface area contributed by atoms with Gasteiger partial charge < -0.3 is 15.8 Å². The van der Waals surface area contributed by atoms with Crippen molar-refractivity contribution in [2.45, 2.75) is 51.7 Å². The van der Waals surface area contributed by atoms with Crippen molar-refractivity contribution in [2.24, 2.45) is 5.73 Å². The highest BCUT2D eigenvalue weighted by atomic mass is 19.1. The van der Waals surface area contributed by atoms with Gasteiger partial charge in [-0.3, -0.25) is 4.79 Å². The van der Waals surface area contributed by atoms with Gasteiger partial charge in [-0.15, -0.1) is 0 Å². The summed E-state index contributed by atoms with van der Waals surface area (Å²) >= 11 is 0. The molecule has 1 aromatic rings. The van der Waals surface area contributed by atoms with Crippen LogP contribution >= 0.6 is 0 Å². The van der Waals surface area contributed by atoms with Crippen LogP contribution in [0.25, 0.3) is 0 Å². The topological polar surface area (TPSA) is 64.3 Å². The van der Waals surface area contributed by atoms with Gasteiger partial charge in [0.25, 0.3) is 5.91 Å². The summed E-state index contributed by atoms with van der Waals surface area (Å²) in [6, 6.07) is 6.02. The number of halogens is 1. The molecule has 0 spiro atoms. The van der Waals surface area contributed by atoms with Crippen LogP contribution in [0, 0.1) is 5.82 Å². The number of nitrogens with two attached hydrogens (primary N) is 1. The second kappa shape index (κ2) is 9.34. The molecule has 0 aliphatic rings. The van der Waals surface area contributed by atoms with E-state index in [0.29, 0.717) is 13.0 Å². The van der Waals surface area contributed by atoms with Gasteiger partial charge in [0.2, 0.25) is 0 Å². The molecule has 1 aromatic carbocycles. The van der Waals surface area contributed by atoms with Gasteiger partial charge in [-0.05, 0) is 25.0 Å². The Morgan fingerprint density at radius 2 is 2.10 bits per heavy atom. The van der Waals surface area contributed by atoms with Crippen LogP contribution in [0.3, 0.4) is 0 Å². The van der Waals surface area contributed by atoms with E-state index < -0.39 is 11.9 Å². The average Bonchev–Trinajstić information content (AvgIpc) is 2.50. The van der Waals surface area contributed by atoms with Gasteiger partial charge in [0.05, 0.1) is 0 Å². The van der Waals surface area contributed by atoms with Gasteiger partial charge >= 0.3 is 0 Å². The lowest BCUT2D eigenvalue weighted by atomic mass is 10.1. The quantitative estimate of drug-likeness (QED) is 0.736. The molecular weight excluding hydrogens is 271 g/mol. The second-order valence-corrected chi connectivity index (χ2v) is 5.03. The van der Waals surface area contributed by atoms with Gasteiger partial charge in [0, 0.05) is 12.6 Å². The number of nitrogens with one attached hydrogen (secondary N) is 1. The number of hydrogen-bond donors (Lipinski definition) is 2. The molecule has 0 aliphatic heterocycles. The average molecular weight is 296 g/mol. The van der Waals surface area contributed by atoms with E-state index in [1.165, 1.54) is 12.1 Å². The summed E-state index contributed by atoms with van der Waals surface area (Å²) in [6.45, 7) is 4.31. The fourth-order valence-corrected chi connectivity index (χ4v) is 2.01. The van der Waals surface area contributed by atoms with E-state index in [1.807, 2.05) is 6.92 Å². The summed E-state index contributed by atoms with van der Waals surface area (Å²) < 4.78 is 19.0. The van der Waals surface area contributed by atoms with E-state index in [4.69, 9.17) is 10.5 Å². The first-order valence-electron chi connectivity index (χ1n) is 7.53. The van der Waals surface area contributed by atoms with Crippen LogP contribution in [0.15, 0.2) is 24.3 Å². The summed E-state index contributed by atoms with van der Waals surface area (Å²) in [5, 5.41) is 2.88. The van der Waals surface area contributed by atoms with E-state index in [0.717, 1.165) is 19.3 Å². The highest BCUT2D eigenvalue weighted by Gasteiger charge is 2.22. The number of benzene rings is 1. The summed E-state index contributed by atoms with van der Waals surface area (Å²) in [7, 11) is 0. The number of unbranched alkanes of at least 4 members (excludes halogenated alkanes) is 1. The minimum atomic E-state index is -0.711. The van der Waals surface area contributed by atoms with Gasteiger partial charge in [0.15, 0.2) is 17.7 Å². The van der Waals surface area contributed by atoms with E-state index >= 15 is 0 Å². The molecule has 4 nitrogen and oxygen atoms in total. The molecule has 0 radical (unpaired) electrons. The molecule has 2 atom stereocenters. The normalized spacial score (nSPS) is 13.5. The molecule has 0 bridgehead atoms. The lowest BCUT2D eigenvalue weighted by Gasteiger charge is -2.22. The van der Waals surface area contributed by atoms with Crippen LogP contribution < -0.4 is 15.8 Å². The van der Waals surface area contributed by atoms with Gasteiger partial charge in [-0.25, -0.2) is 4.39 Å². The Kier molecular flexibility index (Phi) is 7.75. The second-order valence-electron chi connectivity index (χ2n) is 5.03. The zero-order valence-corrected chi connectivity index (χ0v) is 12.8. The monoisotopic (exact) mass is 296 g/mol. The van der Waals surface area contributed by atoms with Crippen LogP contribution in [-0.2, 0) is 4.79 Å². The summed E-state index contributed by atoms with van der Waals surface area (Å²) in [5.74, 6) is -0.616. The van der Waals surface area contributed by atoms with Crippen LogP contribution in [0.4, 0.5) is 4.39 Å². The van der Waals surface area contributed by atoms with Crippen LogP contribution in [-0.4, -0.2) is 24.6 Å². The molecule has 0 saturated heterocycles. The molecule has 0 saturated carbocycles. The van der Waals surface area contributed by atoms with Crippen molar-refractivity contribution in [3.05, 3.63) is 30.1 Å². The molecular formula is C16H25FN2O2. The number of amides is 1. The molecule has 0 aromatic heterocycles. The summed E-state index contributed by atoms with van der Waals surface area (Å²) in [5.41, 5.74) is 5.66. The molecule has 1 amide bonds. The maximum Gasteiger partial charge on any atom is 0.261 e. The Bertz CT molecular complexity index is 440. The number of carbonyl (C=O) groups excluding carboxylic acids is 1. The number of rotatable bonds is 9. The van der Waals surface area contributed by atoms with Crippen molar-refractivity contribution in [3.63, 3.8) is 0 Å². The third-order valence-corrected chi connectivity index (χ3v) is 3.31. The van der Waals surface area contributed by atoms with Crippen molar-refractivity contribution >= 4 is 5.91 Å². The first kappa shape index (κ1) is 17.4.